The number of hydrogen-bond acceptors (Lipinski definition) is 3. The maximum atomic E-state index is 7.83. The third-order valence-corrected chi connectivity index (χ3v) is 2.16. The minimum atomic E-state index is -0.104. The van der Waals surface area contributed by atoms with Crippen molar-refractivity contribution in [2.24, 2.45) is 0 Å². The molecule has 0 spiro atoms. The number of rotatable bonds is 9. The molecule has 0 saturated heterocycles. The summed E-state index contributed by atoms with van der Waals surface area (Å²) in [6.07, 6.45) is 7.65. The summed E-state index contributed by atoms with van der Waals surface area (Å²) in [5, 5.41) is 11.0. The van der Waals surface area contributed by atoms with Gasteiger partial charge in [-0.1, -0.05) is 44.4 Å². The molecule has 1 unspecified atom stereocenters. The van der Waals surface area contributed by atoms with Gasteiger partial charge in [0.25, 0.3) is 0 Å². The lowest BCUT2D eigenvalue weighted by atomic mass is 10.2. The Morgan fingerprint density at radius 1 is 1.41 bits per heavy atom. The predicted octanol–water partition coefficient (Wildman–Crippen LogP) is 2.83. The molecular formula is C14H22N2O. The minimum Gasteiger partial charge on any atom is -0.475 e. The molecule has 0 heterocycles. The van der Waals surface area contributed by atoms with Crippen molar-refractivity contribution in [1.82, 2.24) is 5.32 Å². The van der Waals surface area contributed by atoms with Crippen LogP contribution in [0.4, 0.5) is 0 Å². The summed E-state index contributed by atoms with van der Waals surface area (Å²) in [6.45, 7) is 14.1. The summed E-state index contributed by atoms with van der Waals surface area (Å²) in [5.41, 5.74) is 0.901. The van der Waals surface area contributed by atoms with Crippen LogP contribution in [0.2, 0.25) is 0 Å². The van der Waals surface area contributed by atoms with E-state index in [9.17, 15) is 0 Å². The Bertz CT molecular complexity index is 305. The molecule has 0 radical (unpaired) electrons. The first-order chi connectivity index (χ1) is 8.19. The fourth-order valence-electron chi connectivity index (χ4n) is 1.28. The number of ether oxygens (including phenoxy) is 1. The lowest BCUT2D eigenvalue weighted by Crippen LogP contribution is -2.37. The molecule has 0 aromatic heterocycles. The molecule has 0 saturated carbocycles. The zero-order chi connectivity index (χ0) is 13.1. The van der Waals surface area contributed by atoms with E-state index in [-0.39, 0.29) is 11.9 Å². The fraction of sp³-hybridized carbons (Fsp3) is 0.357. The van der Waals surface area contributed by atoms with Crippen molar-refractivity contribution in [3.63, 3.8) is 0 Å². The maximum absolute atomic E-state index is 7.83. The third-order valence-electron chi connectivity index (χ3n) is 2.16. The van der Waals surface area contributed by atoms with Crippen LogP contribution in [0.25, 0.3) is 0 Å². The summed E-state index contributed by atoms with van der Waals surface area (Å²) >= 11 is 0. The first-order valence-electron chi connectivity index (χ1n) is 5.69. The van der Waals surface area contributed by atoms with Gasteiger partial charge < -0.3 is 10.1 Å². The Balaban J connectivity index is 4.29. The van der Waals surface area contributed by atoms with Gasteiger partial charge in [-0.15, -0.1) is 6.58 Å². The van der Waals surface area contributed by atoms with Crippen molar-refractivity contribution >= 4 is 5.90 Å². The van der Waals surface area contributed by atoms with Gasteiger partial charge in [-0.25, -0.2) is 0 Å². The van der Waals surface area contributed by atoms with E-state index in [1.165, 1.54) is 0 Å². The van der Waals surface area contributed by atoms with E-state index in [0.717, 1.165) is 12.1 Å². The molecule has 0 aliphatic rings. The summed E-state index contributed by atoms with van der Waals surface area (Å²) in [4.78, 5) is 0. The van der Waals surface area contributed by atoms with Gasteiger partial charge in [0, 0.05) is 0 Å². The standard InChI is InChI=1S/C14H22N2O/c1-5-9-12(7-3)11-17-14(15)13(10-6-2)16-8-4/h5-7,9,13,15-16H,1-3,8,10-11H2,4H3/b12-9+,15-14?. The molecule has 0 aliphatic heterocycles. The molecule has 2 N–H and O–H groups in total. The molecule has 3 nitrogen and oxygen atoms in total. The van der Waals surface area contributed by atoms with Crippen LogP contribution in [0.15, 0.2) is 49.6 Å². The molecule has 1 atom stereocenters. The molecule has 0 aromatic carbocycles. The monoisotopic (exact) mass is 234 g/mol. The second-order valence-electron chi connectivity index (χ2n) is 3.47. The number of likely N-dealkylation sites (N-methyl/N-ethyl adjacent to an activating group) is 1. The van der Waals surface area contributed by atoms with Crippen LogP contribution in [-0.4, -0.2) is 25.1 Å². The SMILES string of the molecule is C=C/C=C(\C=C)COC(=N)C(CC=C)NCC. The first-order valence-corrected chi connectivity index (χ1v) is 5.69. The van der Waals surface area contributed by atoms with Crippen LogP contribution < -0.4 is 5.32 Å². The Hall–Kier alpha value is -1.61. The van der Waals surface area contributed by atoms with Crippen molar-refractivity contribution in [1.29, 1.82) is 5.41 Å². The topological polar surface area (TPSA) is 45.1 Å². The lowest BCUT2D eigenvalue weighted by molar-refractivity contribution is 0.314. The average molecular weight is 234 g/mol. The summed E-state index contributed by atoms with van der Waals surface area (Å²) in [6, 6.07) is -0.104. The Kier molecular flexibility index (Phi) is 8.69. The maximum Gasteiger partial charge on any atom is 0.198 e. The van der Waals surface area contributed by atoms with Gasteiger partial charge in [0.2, 0.25) is 0 Å². The van der Waals surface area contributed by atoms with E-state index < -0.39 is 0 Å². The molecule has 0 amide bonds. The van der Waals surface area contributed by atoms with Gasteiger partial charge in [0.05, 0.1) is 6.04 Å². The number of nitrogens with one attached hydrogen (secondary N) is 2. The lowest BCUT2D eigenvalue weighted by Gasteiger charge is -2.17. The van der Waals surface area contributed by atoms with E-state index in [2.05, 4.69) is 25.1 Å². The van der Waals surface area contributed by atoms with Crippen molar-refractivity contribution in [2.75, 3.05) is 13.2 Å². The summed E-state index contributed by atoms with van der Waals surface area (Å²) in [7, 11) is 0. The average Bonchev–Trinajstić information content (AvgIpc) is 2.33. The smallest absolute Gasteiger partial charge is 0.198 e. The Labute approximate surface area is 104 Å². The minimum absolute atomic E-state index is 0.104. The van der Waals surface area contributed by atoms with Crippen LogP contribution in [0.1, 0.15) is 13.3 Å². The van der Waals surface area contributed by atoms with Gasteiger partial charge in [0.15, 0.2) is 5.90 Å². The highest BCUT2D eigenvalue weighted by Crippen LogP contribution is 2.02. The van der Waals surface area contributed by atoms with E-state index in [0.29, 0.717) is 13.0 Å². The summed E-state index contributed by atoms with van der Waals surface area (Å²) < 4.78 is 5.40. The normalized spacial score (nSPS) is 12.6. The van der Waals surface area contributed by atoms with Crippen LogP contribution in [0, 0.1) is 5.41 Å². The van der Waals surface area contributed by atoms with Crippen LogP contribution in [0.3, 0.4) is 0 Å². The van der Waals surface area contributed by atoms with Gasteiger partial charge in [0.1, 0.15) is 6.61 Å². The molecule has 94 valence electrons. The number of allylic oxidation sites excluding steroid dienone is 2. The van der Waals surface area contributed by atoms with Crippen molar-refractivity contribution < 1.29 is 4.74 Å². The van der Waals surface area contributed by atoms with E-state index in [4.69, 9.17) is 10.1 Å². The largest absolute Gasteiger partial charge is 0.475 e. The van der Waals surface area contributed by atoms with Crippen molar-refractivity contribution in [2.45, 2.75) is 19.4 Å². The van der Waals surface area contributed by atoms with E-state index in [1.807, 2.05) is 13.0 Å². The fourth-order valence-corrected chi connectivity index (χ4v) is 1.28. The highest BCUT2D eigenvalue weighted by Gasteiger charge is 2.13. The molecule has 0 bridgehead atoms. The molecule has 0 fully saturated rings. The van der Waals surface area contributed by atoms with Gasteiger partial charge in [-0.2, -0.15) is 0 Å². The molecule has 0 aromatic rings. The van der Waals surface area contributed by atoms with Crippen LogP contribution in [-0.2, 0) is 4.74 Å². The summed E-state index contributed by atoms with van der Waals surface area (Å²) in [5.74, 6) is 0.226. The van der Waals surface area contributed by atoms with Crippen LogP contribution in [0.5, 0.6) is 0 Å². The van der Waals surface area contributed by atoms with Gasteiger partial charge >= 0.3 is 0 Å². The highest BCUT2D eigenvalue weighted by atomic mass is 16.5. The van der Waals surface area contributed by atoms with E-state index >= 15 is 0 Å². The molecule has 17 heavy (non-hydrogen) atoms. The zero-order valence-electron chi connectivity index (χ0n) is 10.5. The predicted molar refractivity (Wildman–Crippen MR) is 74.4 cm³/mol. The van der Waals surface area contributed by atoms with E-state index in [1.54, 1.807) is 18.2 Å². The quantitative estimate of drug-likeness (QED) is 0.279. The van der Waals surface area contributed by atoms with Gasteiger partial charge in [-0.3, -0.25) is 5.41 Å². The second kappa shape index (κ2) is 9.60. The molecular weight excluding hydrogens is 212 g/mol. The van der Waals surface area contributed by atoms with Crippen molar-refractivity contribution in [3.8, 4) is 0 Å². The molecule has 0 rings (SSSR count). The molecule has 3 heteroatoms. The van der Waals surface area contributed by atoms with Gasteiger partial charge in [-0.05, 0) is 18.5 Å². The highest BCUT2D eigenvalue weighted by molar-refractivity contribution is 5.79. The Morgan fingerprint density at radius 3 is 2.59 bits per heavy atom. The first kappa shape index (κ1) is 15.4. The zero-order valence-corrected chi connectivity index (χ0v) is 10.5. The number of hydrogen-bond donors (Lipinski definition) is 2. The third kappa shape index (κ3) is 6.53. The van der Waals surface area contributed by atoms with Crippen LogP contribution >= 0.6 is 0 Å². The van der Waals surface area contributed by atoms with Crippen molar-refractivity contribution in [3.05, 3.63) is 49.6 Å². The Morgan fingerprint density at radius 2 is 2.12 bits per heavy atom. The molecule has 0 aliphatic carbocycles. The second-order valence-corrected chi connectivity index (χ2v) is 3.47.